The van der Waals surface area contributed by atoms with Gasteiger partial charge in [0.2, 0.25) is 0 Å². The summed E-state index contributed by atoms with van der Waals surface area (Å²) >= 11 is 1.62. The maximum atomic E-state index is 4.27. The molecule has 0 radical (unpaired) electrons. The minimum Gasteiger partial charge on any atom is -0.305 e. The third-order valence-electron chi connectivity index (χ3n) is 2.43. The number of hydrogen-bond donors (Lipinski definition) is 2. The number of hydrogen-bond acceptors (Lipinski definition) is 4. The molecule has 80 valence electrons. The zero-order valence-electron chi connectivity index (χ0n) is 8.82. The monoisotopic (exact) mass is 222 g/mol. The molecule has 2 N–H and O–H groups in total. The Balaban J connectivity index is 1.91. The summed E-state index contributed by atoms with van der Waals surface area (Å²) in [6.45, 7) is 4.96. The summed E-state index contributed by atoms with van der Waals surface area (Å²) in [6.07, 6.45) is 1.86. The molecule has 0 aromatic carbocycles. The molecule has 1 unspecified atom stereocenters. The predicted octanol–water partition coefficient (Wildman–Crippen LogP) is 2.03. The van der Waals surface area contributed by atoms with Crippen LogP contribution in [0.25, 0.3) is 0 Å². The predicted molar refractivity (Wildman–Crippen MR) is 60.7 cm³/mol. The van der Waals surface area contributed by atoms with Crippen LogP contribution in [-0.2, 0) is 6.54 Å². The van der Waals surface area contributed by atoms with Crippen molar-refractivity contribution in [3.05, 3.63) is 34.0 Å². The zero-order valence-corrected chi connectivity index (χ0v) is 9.64. The number of thiazole rings is 1. The number of nitrogens with zero attached hydrogens (tertiary/aromatic N) is 2. The highest BCUT2D eigenvalue weighted by Crippen LogP contribution is 2.13. The molecule has 0 aliphatic carbocycles. The topological polar surface area (TPSA) is 53.6 Å². The van der Waals surface area contributed by atoms with Gasteiger partial charge in [-0.3, -0.25) is 5.10 Å². The van der Waals surface area contributed by atoms with Crippen LogP contribution in [0, 0.1) is 6.92 Å². The van der Waals surface area contributed by atoms with Crippen LogP contribution in [0.3, 0.4) is 0 Å². The first-order valence-corrected chi connectivity index (χ1v) is 5.82. The average Bonchev–Trinajstić information content (AvgIpc) is 2.85. The van der Waals surface area contributed by atoms with Crippen molar-refractivity contribution in [2.75, 3.05) is 0 Å². The van der Waals surface area contributed by atoms with Gasteiger partial charge in [0.25, 0.3) is 0 Å². The average molecular weight is 222 g/mol. The number of nitrogens with one attached hydrogen (secondary N) is 2. The fourth-order valence-electron chi connectivity index (χ4n) is 1.36. The van der Waals surface area contributed by atoms with E-state index in [4.69, 9.17) is 0 Å². The first kappa shape index (κ1) is 10.3. The van der Waals surface area contributed by atoms with Crippen LogP contribution in [0.15, 0.2) is 17.1 Å². The van der Waals surface area contributed by atoms with Gasteiger partial charge in [-0.2, -0.15) is 5.10 Å². The van der Waals surface area contributed by atoms with Gasteiger partial charge in [0.15, 0.2) is 0 Å². The van der Waals surface area contributed by atoms with Crippen molar-refractivity contribution < 1.29 is 0 Å². The van der Waals surface area contributed by atoms with Crippen molar-refractivity contribution in [3.8, 4) is 0 Å². The third kappa shape index (κ3) is 2.43. The Bertz CT molecular complexity index is 407. The van der Waals surface area contributed by atoms with Crippen molar-refractivity contribution in [1.29, 1.82) is 0 Å². The lowest BCUT2D eigenvalue weighted by molar-refractivity contribution is 0.563. The summed E-state index contributed by atoms with van der Waals surface area (Å²) in [6, 6.07) is 0.283. The number of aromatic nitrogens is 3. The van der Waals surface area contributed by atoms with Crippen molar-refractivity contribution in [2.24, 2.45) is 0 Å². The number of aryl methyl sites for hydroxylation is 1. The molecule has 0 aliphatic heterocycles. The lowest BCUT2D eigenvalue weighted by Gasteiger charge is -2.10. The highest BCUT2D eigenvalue weighted by Gasteiger charge is 2.07. The smallest absolute Gasteiger partial charge is 0.0795 e. The quantitative estimate of drug-likeness (QED) is 0.832. The molecule has 2 aromatic heterocycles. The molecular weight excluding hydrogens is 208 g/mol. The van der Waals surface area contributed by atoms with E-state index < -0.39 is 0 Å². The molecule has 5 heteroatoms. The zero-order chi connectivity index (χ0) is 10.7. The van der Waals surface area contributed by atoms with E-state index in [0.29, 0.717) is 0 Å². The van der Waals surface area contributed by atoms with Crippen LogP contribution < -0.4 is 5.32 Å². The second-order valence-corrected chi connectivity index (χ2v) is 4.25. The van der Waals surface area contributed by atoms with Gasteiger partial charge < -0.3 is 5.32 Å². The Kier molecular flexibility index (Phi) is 3.13. The van der Waals surface area contributed by atoms with E-state index in [9.17, 15) is 0 Å². The number of aromatic amines is 1. The van der Waals surface area contributed by atoms with Crippen molar-refractivity contribution >= 4 is 11.3 Å². The van der Waals surface area contributed by atoms with Crippen LogP contribution >= 0.6 is 11.3 Å². The normalized spacial score (nSPS) is 12.9. The van der Waals surface area contributed by atoms with Crippen LogP contribution in [0.5, 0.6) is 0 Å². The molecule has 2 aromatic rings. The van der Waals surface area contributed by atoms with E-state index >= 15 is 0 Å². The van der Waals surface area contributed by atoms with Gasteiger partial charge in [0.1, 0.15) is 0 Å². The molecule has 0 saturated heterocycles. The Morgan fingerprint density at radius 3 is 3.07 bits per heavy atom. The summed E-state index contributed by atoms with van der Waals surface area (Å²) in [5.41, 5.74) is 5.28. The highest BCUT2D eigenvalue weighted by molar-refractivity contribution is 7.07. The molecule has 0 bridgehead atoms. The van der Waals surface area contributed by atoms with E-state index in [1.807, 2.05) is 18.6 Å². The molecule has 15 heavy (non-hydrogen) atoms. The third-order valence-corrected chi connectivity index (χ3v) is 3.03. The second kappa shape index (κ2) is 4.55. The number of H-pyrrole nitrogens is 1. The summed E-state index contributed by atoms with van der Waals surface area (Å²) in [5.74, 6) is 0. The van der Waals surface area contributed by atoms with Crippen molar-refractivity contribution in [3.63, 3.8) is 0 Å². The maximum Gasteiger partial charge on any atom is 0.0795 e. The maximum absolute atomic E-state index is 4.27. The van der Waals surface area contributed by atoms with E-state index in [2.05, 4.69) is 32.8 Å². The van der Waals surface area contributed by atoms with Crippen molar-refractivity contribution in [1.82, 2.24) is 20.5 Å². The van der Waals surface area contributed by atoms with Crippen LogP contribution in [-0.4, -0.2) is 15.2 Å². The van der Waals surface area contributed by atoms with E-state index in [1.54, 1.807) is 11.3 Å². The molecule has 0 saturated carbocycles. The van der Waals surface area contributed by atoms with Crippen molar-refractivity contribution in [2.45, 2.75) is 26.4 Å². The SMILES string of the molecule is Cc1[nH]ncc1CNC(C)c1cscn1. The highest BCUT2D eigenvalue weighted by atomic mass is 32.1. The Morgan fingerprint density at radius 2 is 2.47 bits per heavy atom. The van der Waals surface area contributed by atoms with Gasteiger partial charge in [-0.15, -0.1) is 11.3 Å². The van der Waals surface area contributed by atoms with Gasteiger partial charge in [-0.1, -0.05) is 0 Å². The molecule has 1 atom stereocenters. The van der Waals surface area contributed by atoms with Gasteiger partial charge in [-0.25, -0.2) is 4.98 Å². The van der Waals surface area contributed by atoms with Crippen LogP contribution in [0.1, 0.15) is 29.9 Å². The van der Waals surface area contributed by atoms with E-state index in [0.717, 1.165) is 17.9 Å². The van der Waals surface area contributed by atoms with Crippen LogP contribution in [0.4, 0.5) is 0 Å². The first-order valence-electron chi connectivity index (χ1n) is 4.87. The minimum atomic E-state index is 0.283. The Hall–Kier alpha value is -1.20. The molecule has 0 aliphatic rings. The lowest BCUT2D eigenvalue weighted by Crippen LogP contribution is -2.18. The van der Waals surface area contributed by atoms with E-state index in [-0.39, 0.29) is 6.04 Å². The fourth-order valence-corrected chi connectivity index (χ4v) is 2.01. The minimum absolute atomic E-state index is 0.283. The molecule has 0 amide bonds. The number of rotatable bonds is 4. The standard InChI is InChI=1S/C10H14N4S/c1-7-9(4-13-14-7)3-11-8(2)10-5-15-6-12-10/h4-6,8,11H,3H2,1-2H3,(H,13,14). The van der Waals surface area contributed by atoms with Gasteiger partial charge in [-0.05, 0) is 13.8 Å². The summed E-state index contributed by atoms with van der Waals surface area (Å²) < 4.78 is 0. The van der Waals surface area contributed by atoms with Gasteiger partial charge >= 0.3 is 0 Å². The molecule has 4 nitrogen and oxygen atoms in total. The lowest BCUT2D eigenvalue weighted by atomic mass is 10.2. The molecular formula is C10H14N4S. The fraction of sp³-hybridized carbons (Fsp3) is 0.400. The summed E-state index contributed by atoms with van der Waals surface area (Å²) in [4.78, 5) is 4.27. The Labute approximate surface area is 92.8 Å². The first-order chi connectivity index (χ1) is 7.27. The summed E-state index contributed by atoms with van der Waals surface area (Å²) in [7, 11) is 0. The molecule has 0 spiro atoms. The summed E-state index contributed by atoms with van der Waals surface area (Å²) in [5, 5.41) is 12.4. The Morgan fingerprint density at radius 1 is 1.60 bits per heavy atom. The molecule has 0 fully saturated rings. The largest absolute Gasteiger partial charge is 0.305 e. The van der Waals surface area contributed by atoms with Gasteiger partial charge in [0, 0.05) is 29.2 Å². The molecule has 2 rings (SSSR count). The van der Waals surface area contributed by atoms with Crippen LogP contribution in [0.2, 0.25) is 0 Å². The van der Waals surface area contributed by atoms with E-state index in [1.165, 1.54) is 5.56 Å². The van der Waals surface area contributed by atoms with Gasteiger partial charge in [0.05, 0.1) is 17.4 Å². The second-order valence-electron chi connectivity index (χ2n) is 3.54. The molecule has 2 heterocycles.